The number of nitrogens with two attached hydrogens (primary N) is 1. The van der Waals surface area contributed by atoms with E-state index < -0.39 is 17.4 Å². The average Bonchev–Trinajstić information content (AvgIpc) is 2.66. The molecule has 0 aliphatic heterocycles. The van der Waals surface area contributed by atoms with Crippen molar-refractivity contribution in [2.45, 2.75) is 6.42 Å². The van der Waals surface area contributed by atoms with E-state index in [-0.39, 0.29) is 29.5 Å². The van der Waals surface area contributed by atoms with Crippen molar-refractivity contribution in [1.29, 1.82) is 0 Å². The van der Waals surface area contributed by atoms with Crippen LogP contribution >= 0.6 is 0 Å². The summed E-state index contributed by atoms with van der Waals surface area (Å²) < 4.78 is 31.7. The van der Waals surface area contributed by atoms with Crippen molar-refractivity contribution in [3.8, 4) is 0 Å². The van der Waals surface area contributed by atoms with Crippen molar-refractivity contribution in [2.24, 2.45) is 5.73 Å². The summed E-state index contributed by atoms with van der Waals surface area (Å²) in [5.74, 6) is -2.15. The predicted octanol–water partition coefficient (Wildman–Crippen LogP) is 2.24. The van der Waals surface area contributed by atoms with Crippen LogP contribution in [-0.2, 0) is 0 Å². The van der Waals surface area contributed by atoms with E-state index in [0.29, 0.717) is 6.07 Å². The minimum atomic E-state index is -0.918. The molecule has 2 N–H and O–H groups in total. The molecule has 2 aromatic rings. The molecule has 16 heavy (non-hydrogen) atoms. The van der Waals surface area contributed by atoms with Gasteiger partial charge in [-0.3, -0.25) is 4.79 Å². The molecule has 0 aliphatic rings. The lowest BCUT2D eigenvalue weighted by Crippen LogP contribution is -2.10. The van der Waals surface area contributed by atoms with Gasteiger partial charge in [0.15, 0.2) is 11.4 Å². The highest BCUT2D eigenvalue weighted by molar-refractivity contribution is 6.06. The van der Waals surface area contributed by atoms with Crippen LogP contribution in [0.4, 0.5) is 8.78 Å². The number of Topliss-reactive ketones (excluding diaryl/α,β-unsaturated/α-hetero) is 1. The number of benzene rings is 1. The first-order chi connectivity index (χ1) is 7.65. The molecule has 0 fully saturated rings. The number of furan rings is 1. The van der Waals surface area contributed by atoms with Crippen LogP contribution in [0.2, 0.25) is 0 Å². The molecule has 0 amide bonds. The second-order valence-electron chi connectivity index (χ2n) is 3.34. The van der Waals surface area contributed by atoms with E-state index in [2.05, 4.69) is 0 Å². The zero-order chi connectivity index (χ0) is 11.7. The molecule has 0 atom stereocenters. The molecule has 1 heterocycles. The molecule has 0 saturated carbocycles. The van der Waals surface area contributed by atoms with E-state index in [1.807, 2.05) is 0 Å². The SMILES string of the molecule is NCCC(=O)c1c(F)cc(F)c2ccoc12. The van der Waals surface area contributed by atoms with Crippen LogP contribution in [0.3, 0.4) is 0 Å². The molecule has 0 unspecified atom stereocenters. The highest BCUT2D eigenvalue weighted by Gasteiger charge is 2.20. The van der Waals surface area contributed by atoms with Gasteiger partial charge in [0, 0.05) is 12.5 Å². The van der Waals surface area contributed by atoms with Crippen LogP contribution in [0.15, 0.2) is 22.8 Å². The van der Waals surface area contributed by atoms with Gasteiger partial charge in [0.2, 0.25) is 0 Å². The van der Waals surface area contributed by atoms with Gasteiger partial charge in [0.25, 0.3) is 0 Å². The Morgan fingerprint density at radius 2 is 2.12 bits per heavy atom. The number of carbonyl (C=O) groups excluding carboxylic acids is 1. The number of halogens is 2. The van der Waals surface area contributed by atoms with E-state index in [9.17, 15) is 13.6 Å². The van der Waals surface area contributed by atoms with Gasteiger partial charge in [-0.1, -0.05) is 0 Å². The standard InChI is InChI=1S/C11H9F2NO2/c12-7-5-8(13)10(9(15)1-3-14)11-6(7)2-4-16-11/h2,4-5H,1,3,14H2. The van der Waals surface area contributed by atoms with Gasteiger partial charge in [-0.15, -0.1) is 0 Å². The fraction of sp³-hybridized carbons (Fsp3) is 0.182. The Hall–Kier alpha value is -1.75. The number of carbonyl (C=O) groups is 1. The van der Waals surface area contributed by atoms with Crippen molar-refractivity contribution >= 4 is 16.8 Å². The predicted molar refractivity (Wildman–Crippen MR) is 54.1 cm³/mol. The van der Waals surface area contributed by atoms with Gasteiger partial charge in [-0.2, -0.15) is 0 Å². The second-order valence-corrected chi connectivity index (χ2v) is 3.34. The quantitative estimate of drug-likeness (QED) is 0.815. The minimum absolute atomic E-state index is 0.00163. The fourth-order valence-electron chi connectivity index (χ4n) is 1.58. The van der Waals surface area contributed by atoms with Crippen LogP contribution in [0.5, 0.6) is 0 Å². The maximum Gasteiger partial charge on any atom is 0.170 e. The first kappa shape index (κ1) is 10.8. The van der Waals surface area contributed by atoms with Crippen LogP contribution in [0.1, 0.15) is 16.8 Å². The van der Waals surface area contributed by atoms with Crippen molar-refractivity contribution < 1.29 is 18.0 Å². The van der Waals surface area contributed by atoms with Gasteiger partial charge < -0.3 is 10.2 Å². The van der Waals surface area contributed by atoms with Gasteiger partial charge in [0.1, 0.15) is 11.6 Å². The first-order valence-corrected chi connectivity index (χ1v) is 4.73. The van der Waals surface area contributed by atoms with Crippen molar-refractivity contribution in [1.82, 2.24) is 0 Å². The molecular weight excluding hydrogens is 216 g/mol. The fourth-order valence-corrected chi connectivity index (χ4v) is 1.58. The smallest absolute Gasteiger partial charge is 0.170 e. The molecule has 2 rings (SSSR count). The lowest BCUT2D eigenvalue weighted by molar-refractivity contribution is 0.0982. The summed E-state index contributed by atoms with van der Waals surface area (Å²) >= 11 is 0. The summed E-state index contributed by atoms with van der Waals surface area (Å²) in [6.07, 6.45) is 1.21. The molecule has 3 nitrogen and oxygen atoms in total. The number of fused-ring (bicyclic) bond motifs is 1. The Morgan fingerprint density at radius 3 is 2.81 bits per heavy atom. The Kier molecular flexibility index (Phi) is 2.70. The minimum Gasteiger partial charge on any atom is -0.463 e. The molecule has 5 heteroatoms. The van der Waals surface area contributed by atoms with Crippen LogP contribution < -0.4 is 5.73 Å². The van der Waals surface area contributed by atoms with Crippen molar-refractivity contribution in [2.75, 3.05) is 6.54 Å². The summed E-state index contributed by atoms with van der Waals surface area (Å²) in [5, 5.41) is 0.0989. The zero-order valence-corrected chi connectivity index (χ0v) is 8.30. The molecule has 84 valence electrons. The third-order valence-corrected chi connectivity index (χ3v) is 2.29. The number of rotatable bonds is 3. The Labute approximate surface area is 89.8 Å². The molecule has 0 saturated heterocycles. The summed E-state index contributed by atoms with van der Waals surface area (Å²) in [7, 11) is 0. The van der Waals surface area contributed by atoms with Gasteiger partial charge in [0.05, 0.1) is 17.2 Å². The third kappa shape index (κ3) is 1.59. The molecule has 1 aromatic carbocycles. The lowest BCUT2D eigenvalue weighted by atomic mass is 10.0. The number of hydrogen-bond donors (Lipinski definition) is 1. The Morgan fingerprint density at radius 1 is 1.38 bits per heavy atom. The summed E-state index contributed by atoms with van der Waals surface area (Å²) in [5.41, 5.74) is 4.93. The Balaban J connectivity index is 2.68. The average molecular weight is 225 g/mol. The molecule has 0 aliphatic carbocycles. The van der Waals surface area contributed by atoms with E-state index in [0.717, 1.165) is 0 Å². The highest BCUT2D eigenvalue weighted by Crippen LogP contribution is 2.26. The molecule has 1 aromatic heterocycles. The largest absolute Gasteiger partial charge is 0.463 e. The highest BCUT2D eigenvalue weighted by atomic mass is 19.1. The summed E-state index contributed by atoms with van der Waals surface area (Å²) in [4.78, 5) is 11.6. The second kappa shape index (κ2) is 4.02. The van der Waals surface area contributed by atoms with Gasteiger partial charge in [-0.25, -0.2) is 8.78 Å². The number of ketones is 1. The normalized spacial score (nSPS) is 10.9. The summed E-state index contributed by atoms with van der Waals surface area (Å²) in [6.45, 7) is 0.109. The van der Waals surface area contributed by atoms with Gasteiger partial charge >= 0.3 is 0 Å². The van der Waals surface area contributed by atoms with Crippen molar-refractivity contribution in [3.63, 3.8) is 0 Å². The van der Waals surface area contributed by atoms with Gasteiger partial charge in [-0.05, 0) is 12.6 Å². The topological polar surface area (TPSA) is 56.2 Å². The van der Waals surface area contributed by atoms with Crippen LogP contribution in [0, 0.1) is 11.6 Å². The molecular formula is C11H9F2NO2. The van der Waals surface area contributed by atoms with Crippen molar-refractivity contribution in [3.05, 3.63) is 35.6 Å². The van der Waals surface area contributed by atoms with E-state index in [4.69, 9.17) is 10.2 Å². The van der Waals surface area contributed by atoms with Crippen LogP contribution in [0.25, 0.3) is 11.0 Å². The Bertz CT molecular complexity index is 548. The lowest BCUT2D eigenvalue weighted by Gasteiger charge is -2.03. The molecule has 0 bridgehead atoms. The molecule has 0 spiro atoms. The third-order valence-electron chi connectivity index (χ3n) is 2.29. The maximum absolute atomic E-state index is 13.5. The van der Waals surface area contributed by atoms with Crippen LogP contribution in [-0.4, -0.2) is 12.3 Å². The monoisotopic (exact) mass is 225 g/mol. The first-order valence-electron chi connectivity index (χ1n) is 4.73. The van der Waals surface area contributed by atoms with E-state index in [1.165, 1.54) is 12.3 Å². The molecule has 0 radical (unpaired) electrons. The van der Waals surface area contributed by atoms with E-state index >= 15 is 0 Å². The maximum atomic E-state index is 13.5. The number of hydrogen-bond acceptors (Lipinski definition) is 3. The van der Waals surface area contributed by atoms with E-state index in [1.54, 1.807) is 0 Å². The summed E-state index contributed by atoms with van der Waals surface area (Å²) in [6, 6.07) is 2.03. The zero-order valence-electron chi connectivity index (χ0n) is 8.30.